The van der Waals surface area contributed by atoms with Crippen LogP contribution in [0.15, 0.2) is 47.4 Å². The fourth-order valence-corrected chi connectivity index (χ4v) is 3.09. The van der Waals surface area contributed by atoms with Crippen LogP contribution in [0.5, 0.6) is 0 Å². The molecule has 0 aliphatic rings. The standard InChI is InChI=1S/C13H8Cl2INO3S/c14-8-1-6-12(16)11(7-8)13(18)17-9-2-4-10(5-3-9)21(15,19)20/h1-7H,(H,17,18). The quantitative estimate of drug-likeness (QED) is 0.559. The summed E-state index contributed by atoms with van der Waals surface area (Å²) in [5.41, 5.74) is 0.900. The third-order valence-electron chi connectivity index (χ3n) is 2.57. The molecule has 4 nitrogen and oxygen atoms in total. The van der Waals surface area contributed by atoms with E-state index in [1.54, 1.807) is 18.2 Å². The van der Waals surface area contributed by atoms with Crippen LogP contribution in [0.4, 0.5) is 5.69 Å². The monoisotopic (exact) mass is 455 g/mol. The molecule has 8 heteroatoms. The normalized spacial score (nSPS) is 11.2. The predicted molar refractivity (Wildman–Crippen MR) is 91.6 cm³/mol. The van der Waals surface area contributed by atoms with Crippen molar-refractivity contribution in [2.45, 2.75) is 4.90 Å². The van der Waals surface area contributed by atoms with Crippen LogP contribution < -0.4 is 5.32 Å². The van der Waals surface area contributed by atoms with Gasteiger partial charge in [-0.05, 0) is 65.1 Å². The van der Waals surface area contributed by atoms with Gasteiger partial charge in [-0.15, -0.1) is 0 Å². The van der Waals surface area contributed by atoms with Crippen molar-refractivity contribution in [2.24, 2.45) is 0 Å². The number of hydrogen-bond acceptors (Lipinski definition) is 3. The molecular formula is C13H8Cl2INO3S. The minimum atomic E-state index is -3.77. The van der Waals surface area contributed by atoms with Gasteiger partial charge in [0.2, 0.25) is 0 Å². The van der Waals surface area contributed by atoms with Gasteiger partial charge in [0, 0.05) is 25.0 Å². The first-order chi connectivity index (χ1) is 9.77. The minimum Gasteiger partial charge on any atom is -0.322 e. The van der Waals surface area contributed by atoms with Crippen LogP contribution in [0.2, 0.25) is 5.02 Å². The molecule has 0 fully saturated rings. The third kappa shape index (κ3) is 4.32. The van der Waals surface area contributed by atoms with E-state index in [0.717, 1.165) is 3.57 Å². The number of hydrogen-bond donors (Lipinski definition) is 1. The van der Waals surface area contributed by atoms with Crippen LogP contribution in [0, 0.1) is 3.57 Å². The second kappa shape index (κ2) is 6.51. The second-order valence-corrected chi connectivity index (χ2v) is 8.21. The number of halogens is 3. The van der Waals surface area contributed by atoms with Gasteiger partial charge in [0.15, 0.2) is 0 Å². The Hall–Kier alpha value is -0.830. The van der Waals surface area contributed by atoms with Gasteiger partial charge in [0.05, 0.1) is 10.5 Å². The molecule has 110 valence electrons. The van der Waals surface area contributed by atoms with E-state index in [-0.39, 0.29) is 10.8 Å². The fraction of sp³-hybridized carbons (Fsp3) is 0. The Kier molecular flexibility index (Phi) is 5.13. The van der Waals surface area contributed by atoms with Gasteiger partial charge >= 0.3 is 0 Å². The minimum absolute atomic E-state index is 0.0282. The van der Waals surface area contributed by atoms with Gasteiger partial charge in [-0.1, -0.05) is 11.6 Å². The van der Waals surface area contributed by atoms with Crippen LogP contribution in [0.25, 0.3) is 0 Å². The summed E-state index contributed by atoms with van der Waals surface area (Å²) in [5.74, 6) is -0.330. The maximum absolute atomic E-state index is 12.2. The summed E-state index contributed by atoms with van der Waals surface area (Å²) < 4.78 is 23.0. The van der Waals surface area contributed by atoms with Crippen LogP contribution in [0.1, 0.15) is 10.4 Å². The van der Waals surface area contributed by atoms with Crippen LogP contribution in [-0.4, -0.2) is 14.3 Å². The maximum Gasteiger partial charge on any atom is 0.261 e. The lowest BCUT2D eigenvalue weighted by Gasteiger charge is -2.07. The van der Waals surface area contributed by atoms with Crippen molar-refractivity contribution in [2.75, 3.05) is 5.32 Å². The zero-order valence-electron chi connectivity index (χ0n) is 10.3. The molecule has 0 bridgehead atoms. The Bertz CT molecular complexity index is 792. The zero-order chi connectivity index (χ0) is 15.6. The van der Waals surface area contributed by atoms with Gasteiger partial charge < -0.3 is 5.32 Å². The molecule has 0 spiro atoms. The first-order valence-electron chi connectivity index (χ1n) is 5.58. The van der Waals surface area contributed by atoms with Gasteiger partial charge in [-0.2, -0.15) is 0 Å². The molecular weight excluding hydrogens is 448 g/mol. The lowest BCUT2D eigenvalue weighted by Crippen LogP contribution is -2.13. The number of benzene rings is 2. The van der Waals surface area contributed by atoms with E-state index in [0.29, 0.717) is 16.3 Å². The first-order valence-corrected chi connectivity index (χ1v) is 9.35. The zero-order valence-corrected chi connectivity index (χ0v) is 14.8. The number of nitrogens with one attached hydrogen (secondary N) is 1. The van der Waals surface area contributed by atoms with Crippen molar-refractivity contribution in [1.82, 2.24) is 0 Å². The van der Waals surface area contributed by atoms with Gasteiger partial charge in [-0.25, -0.2) is 8.42 Å². The van der Waals surface area contributed by atoms with E-state index in [2.05, 4.69) is 5.32 Å². The van der Waals surface area contributed by atoms with E-state index >= 15 is 0 Å². The van der Waals surface area contributed by atoms with Crippen LogP contribution in [-0.2, 0) is 9.05 Å². The SMILES string of the molecule is O=C(Nc1ccc(S(=O)(=O)Cl)cc1)c1cc(Cl)ccc1I. The summed E-state index contributed by atoms with van der Waals surface area (Å²) >= 11 is 7.90. The molecule has 0 saturated carbocycles. The number of anilines is 1. The molecule has 0 aliphatic carbocycles. The molecule has 21 heavy (non-hydrogen) atoms. The molecule has 0 radical (unpaired) electrons. The number of amides is 1. The second-order valence-electron chi connectivity index (χ2n) is 4.04. The van der Waals surface area contributed by atoms with Gasteiger partial charge in [0.1, 0.15) is 0 Å². The fourth-order valence-electron chi connectivity index (χ4n) is 1.57. The lowest BCUT2D eigenvalue weighted by molar-refractivity contribution is 0.102. The highest BCUT2D eigenvalue weighted by Gasteiger charge is 2.12. The summed E-state index contributed by atoms with van der Waals surface area (Å²) in [6, 6.07) is 10.6. The van der Waals surface area contributed by atoms with E-state index in [4.69, 9.17) is 22.3 Å². The molecule has 0 atom stereocenters. The van der Waals surface area contributed by atoms with Crippen LogP contribution in [0.3, 0.4) is 0 Å². The summed E-state index contributed by atoms with van der Waals surface area (Å²) in [6.45, 7) is 0. The highest BCUT2D eigenvalue weighted by atomic mass is 127. The highest BCUT2D eigenvalue weighted by Crippen LogP contribution is 2.21. The van der Waals surface area contributed by atoms with Crippen molar-refractivity contribution in [1.29, 1.82) is 0 Å². The van der Waals surface area contributed by atoms with E-state index < -0.39 is 9.05 Å². The molecule has 0 heterocycles. The summed E-state index contributed by atoms with van der Waals surface area (Å²) in [6.07, 6.45) is 0. The number of rotatable bonds is 3. The predicted octanol–water partition coefficient (Wildman–Crippen LogP) is 4.12. The summed E-state index contributed by atoms with van der Waals surface area (Å²) in [4.78, 5) is 12.1. The van der Waals surface area contributed by atoms with Crippen molar-refractivity contribution < 1.29 is 13.2 Å². The Balaban J connectivity index is 2.22. The lowest BCUT2D eigenvalue weighted by atomic mass is 10.2. The number of carbonyl (C=O) groups excluding carboxylic acids is 1. The molecule has 2 aromatic rings. The van der Waals surface area contributed by atoms with E-state index in [9.17, 15) is 13.2 Å². The summed E-state index contributed by atoms with van der Waals surface area (Å²) in [7, 11) is 1.45. The Morgan fingerprint density at radius 2 is 1.71 bits per heavy atom. The summed E-state index contributed by atoms with van der Waals surface area (Å²) in [5, 5.41) is 3.13. The van der Waals surface area contributed by atoms with E-state index in [1.165, 1.54) is 24.3 Å². The third-order valence-corrected chi connectivity index (χ3v) is 5.11. The average molecular weight is 456 g/mol. The molecule has 2 rings (SSSR count). The smallest absolute Gasteiger partial charge is 0.261 e. The largest absolute Gasteiger partial charge is 0.322 e. The Labute approximate surface area is 145 Å². The number of carbonyl (C=O) groups is 1. The van der Waals surface area contributed by atoms with Crippen molar-refractivity contribution in [3.63, 3.8) is 0 Å². The average Bonchev–Trinajstić information content (AvgIpc) is 2.41. The maximum atomic E-state index is 12.2. The van der Waals surface area contributed by atoms with Crippen molar-refractivity contribution in [3.8, 4) is 0 Å². The molecule has 2 aromatic carbocycles. The van der Waals surface area contributed by atoms with E-state index in [1.807, 2.05) is 22.6 Å². The van der Waals surface area contributed by atoms with Gasteiger partial charge in [0.25, 0.3) is 15.0 Å². The molecule has 1 N–H and O–H groups in total. The molecule has 1 amide bonds. The topological polar surface area (TPSA) is 63.2 Å². The van der Waals surface area contributed by atoms with Crippen molar-refractivity contribution in [3.05, 3.63) is 56.6 Å². The highest BCUT2D eigenvalue weighted by molar-refractivity contribution is 14.1. The molecule has 0 saturated heterocycles. The van der Waals surface area contributed by atoms with Crippen LogP contribution >= 0.6 is 44.9 Å². The Morgan fingerprint density at radius 1 is 1.10 bits per heavy atom. The molecule has 0 aromatic heterocycles. The molecule has 0 aliphatic heterocycles. The first kappa shape index (κ1) is 16.5. The Morgan fingerprint density at radius 3 is 2.29 bits per heavy atom. The molecule has 0 unspecified atom stereocenters. The van der Waals surface area contributed by atoms with Gasteiger partial charge in [-0.3, -0.25) is 4.79 Å². The van der Waals surface area contributed by atoms with Crippen molar-refractivity contribution >= 4 is 65.5 Å².